The van der Waals surface area contributed by atoms with Gasteiger partial charge < -0.3 is 15.0 Å². The quantitative estimate of drug-likeness (QED) is 0.283. The Morgan fingerprint density at radius 3 is 2.82 bits per heavy atom. The standard InChI is InChI=1S/C24H26ClN7O2/c1-16-20(6-7-22(25)21(16)11-26)23-13-31-8-9-32(12-19(31)14-34-23)24(33)10-17-2-4-18(5-3-17)28-15-29-30-27/h2-7,15,19,23H,8-10,12-14H2,1H3,(H2,27,28,29)/t19-,23+/m0/s1. The van der Waals surface area contributed by atoms with Crippen LogP contribution in [0, 0.1) is 23.8 Å². The maximum atomic E-state index is 12.9. The topological polar surface area (TPSA) is 117 Å². The minimum Gasteiger partial charge on any atom is -0.370 e. The molecular formula is C24H26ClN7O2. The number of hydrogen-bond donors (Lipinski definition) is 2. The molecule has 2 aliphatic heterocycles. The zero-order valence-electron chi connectivity index (χ0n) is 18.9. The minimum absolute atomic E-state index is 0.101. The second-order valence-corrected chi connectivity index (χ2v) is 8.83. The lowest BCUT2D eigenvalue weighted by atomic mass is 9.96. The van der Waals surface area contributed by atoms with Crippen molar-refractivity contribution in [2.24, 2.45) is 10.3 Å². The Kier molecular flexibility index (Phi) is 7.53. The van der Waals surface area contributed by atoms with Crippen LogP contribution in [0.1, 0.15) is 28.4 Å². The van der Waals surface area contributed by atoms with Crippen molar-refractivity contribution in [3.8, 4) is 6.07 Å². The van der Waals surface area contributed by atoms with Gasteiger partial charge in [0.05, 0.1) is 35.8 Å². The largest absolute Gasteiger partial charge is 0.370 e. The van der Waals surface area contributed by atoms with Crippen molar-refractivity contribution >= 4 is 29.5 Å². The third-order valence-corrected chi connectivity index (χ3v) is 6.73. The highest BCUT2D eigenvalue weighted by Crippen LogP contribution is 2.32. The van der Waals surface area contributed by atoms with E-state index in [1.165, 1.54) is 6.34 Å². The van der Waals surface area contributed by atoms with E-state index >= 15 is 0 Å². The van der Waals surface area contributed by atoms with Crippen LogP contribution in [0.25, 0.3) is 0 Å². The zero-order valence-corrected chi connectivity index (χ0v) is 19.6. The van der Waals surface area contributed by atoms with Gasteiger partial charge in [0.1, 0.15) is 12.4 Å². The number of piperazine rings is 1. The maximum Gasteiger partial charge on any atom is 0.227 e. The predicted octanol–water partition coefficient (Wildman–Crippen LogP) is 3.73. The first-order valence-electron chi connectivity index (χ1n) is 11.1. The summed E-state index contributed by atoms with van der Waals surface area (Å²) in [4.78, 5) is 17.2. The van der Waals surface area contributed by atoms with Crippen LogP contribution in [0.5, 0.6) is 0 Å². The van der Waals surface area contributed by atoms with Crippen LogP contribution in [0.3, 0.4) is 0 Å². The Morgan fingerprint density at radius 1 is 1.29 bits per heavy atom. The summed E-state index contributed by atoms with van der Waals surface area (Å²) < 4.78 is 6.19. The molecule has 9 nitrogen and oxygen atoms in total. The molecule has 2 fully saturated rings. The van der Waals surface area contributed by atoms with Crippen LogP contribution in [0.2, 0.25) is 5.02 Å². The minimum atomic E-state index is -0.116. The van der Waals surface area contributed by atoms with Crippen molar-refractivity contribution in [3.05, 3.63) is 63.7 Å². The van der Waals surface area contributed by atoms with Gasteiger partial charge in [0.25, 0.3) is 0 Å². The van der Waals surface area contributed by atoms with E-state index in [0.717, 1.165) is 35.5 Å². The van der Waals surface area contributed by atoms with Crippen LogP contribution < -0.4 is 5.32 Å². The van der Waals surface area contributed by atoms with E-state index in [-0.39, 0.29) is 18.1 Å². The Balaban J connectivity index is 1.33. The van der Waals surface area contributed by atoms with E-state index in [1.807, 2.05) is 42.2 Å². The summed E-state index contributed by atoms with van der Waals surface area (Å²) in [6, 6.07) is 13.6. The summed E-state index contributed by atoms with van der Waals surface area (Å²) in [7, 11) is 0. The van der Waals surface area contributed by atoms with E-state index in [2.05, 4.69) is 26.6 Å². The van der Waals surface area contributed by atoms with Gasteiger partial charge in [0.15, 0.2) is 0 Å². The molecule has 0 unspecified atom stereocenters. The van der Waals surface area contributed by atoms with Gasteiger partial charge in [-0.05, 0) is 41.8 Å². The third-order valence-electron chi connectivity index (χ3n) is 6.42. The molecule has 2 N–H and O–H groups in total. The summed E-state index contributed by atoms with van der Waals surface area (Å²) >= 11 is 6.16. The Hall–Kier alpha value is -3.32. The molecule has 34 heavy (non-hydrogen) atoms. The number of carbonyl (C=O) groups excluding carboxylic acids is 1. The van der Waals surface area contributed by atoms with E-state index < -0.39 is 0 Å². The number of nitrogens with one attached hydrogen (secondary N) is 2. The number of halogens is 1. The van der Waals surface area contributed by atoms with Crippen molar-refractivity contribution < 1.29 is 9.53 Å². The number of benzene rings is 2. The van der Waals surface area contributed by atoms with Crippen LogP contribution in [-0.2, 0) is 16.0 Å². The Labute approximate surface area is 203 Å². The summed E-state index contributed by atoms with van der Waals surface area (Å²) in [5.74, 6) is 0.101. The number of fused-ring (bicyclic) bond motifs is 1. The highest BCUT2D eigenvalue weighted by atomic mass is 35.5. The second-order valence-electron chi connectivity index (χ2n) is 8.42. The van der Waals surface area contributed by atoms with Gasteiger partial charge in [0.2, 0.25) is 5.91 Å². The number of nitriles is 1. The molecule has 0 aliphatic carbocycles. The summed E-state index contributed by atoms with van der Waals surface area (Å²) in [6.07, 6.45) is 1.56. The number of amides is 1. The van der Waals surface area contributed by atoms with Gasteiger partial charge in [-0.2, -0.15) is 10.8 Å². The number of hydrogen-bond acceptors (Lipinski definition) is 6. The number of ether oxygens (including phenoxy) is 1. The average Bonchev–Trinajstić information content (AvgIpc) is 2.85. The molecular weight excluding hydrogens is 454 g/mol. The zero-order chi connectivity index (χ0) is 24.1. The van der Waals surface area contributed by atoms with E-state index in [0.29, 0.717) is 36.7 Å². The van der Waals surface area contributed by atoms with Gasteiger partial charge in [-0.3, -0.25) is 9.69 Å². The van der Waals surface area contributed by atoms with Crippen molar-refractivity contribution in [2.75, 3.05) is 38.1 Å². The Morgan fingerprint density at radius 2 is 2.09 bits per heavy atom. The monoisotopic (exact) mass is 479 g/mol. The molecule has 0 saturated carbocycles. The third kappa shape index (κ3) is 5.25. The van der Waals surface area contributed by atoms with E-state index in [4.69, 9.17) is 21.9 Å². The van der Waals surface area contributed by atoms with Crippen LogP contribution >= 0.6 is 11.6 Å². The number of morpholine rings is 1. The second kappa shape index (κ2) is 10.7. The first-order chi connectivity index (χ1) is 16.5. The molecule has 10 heteroatoms. The first kappa shape index (κ1) is 23.8. The van der Waals surface area contributed by atoms with E-state index in [9.17, 15) is 10.1 Å². The summed E-state index contributed by atoms with van der Waals surface area (Å²) in [5.41, 5.74) is 10.7. The number of anilines is 1. The predicted molar refractivity (Wildman–Crippen MR) is 129 cm³/mol. The number of carbonyl (C=O) groups is 1. The fraction of sp³-hybridized carbons (Fsp3) is 0.375. The van der Waals surface area contributed by atoms with Gasteiger partial charge in [0, 0.05) is 31.9 Å². The smallest absolute Gasteiger partial charge is 0.227 e. The SMILES string of the molecule is Cc1c([C@H]2CN3CCN(C(=O)Cc4ccc(N/C=N\N=N)cc4)C[C@H]3CO2)ccc(Cl)c1C#N. The highest BCUT2D eigenvalue weighted by molar-refractivity contribution is 6.31. The van der Waals surface area contributed by atoms with Crippen molar-refractivity contribution in [1.82, 2.24) is 9.80 Å². The molecule has 1 amide bonds. The van der Waals surface area contributed by atoms with Gasteiger partial charge >= 0.3 is 0 Å². The number of rotatable bonds is 6. The summed E-state index contributed by atoms with van der Waals surface area (Å²) in [5, 5.41) is 19.1. The van der Waals surface area contributed by atoms with Gasteiger partial charge in [-0.15, -0.1) is 5.10 Å². The molecule has 2 aromatic carbocycles. The van der Waals surface area contributed by atoms with Crippen molar-refractivity contribution in [2.45, 2.75) is 25.5 Å². The van der Waals surface area contributed by atoms with Crippen molar-refractivity contribution in [1.29, 1.82) is 10.8 Å². The fourth-order valence-electron chi connectivity index (χ4n) is 4.52. The lowest BCUT2D eigenvalue weighted by Gasteiger charge is -2.46. The molecule has 2 saturated heterocycles. The normalized spacial score (nSPS) is 20.6. The molecule has 2 aromatic rings. The van der Waals surface area contributed by atoms with Gasteiger partial charge in [-0.1, -0.05) is 35.0 Å². The average molecular weight is 480 g/mol. The molecule has 2 heterocycles. The van der Waals surface area contributed by atoms with Crippen LogP contribution in [-0.4, -0.2) is 60.9 Å². The molecule has 2 atom stereocenters. The lowest BCUT2D eigenvalue weighted by Crippen LogP contribution is -2.59. The molecule has 0 bridgehead atoms. The first-order valence-corrected chi connectivity index (χ1v) is 11.4. The molecule has 176 valence electrons. The lowest BCUT2D eigenvalue weighted by molar-refractivity contribution is -0.139. The molecule has 0 aromatic heterocycles. The number of nitrogens with zero attached hydrogens (tertiary/aromatic N) is 5. The van der Waals surface area contributed by atoms with Crippen LogP contribution in [0.4, 0.5) is 5.69 Å². The maximum absolute atomic E-state index is 12.9. The molecule has 0 spiro atoms. The molecule has 4 rings (SSSR count). The Bertz CT molecular complexity index is 1130. The molecule has 0 radical (unpaired) electrons. The fourth-order valence-corrected chi connectivity index (χ4v) is 4.76. The highest BCUT2D eigenvalue weighted by Gasteiger charge is 2.36. The van der Waals surface area contributed by atoms with Crippen LogP contribution in [0.15, 0.2) is 46.7 Å². The molecule has 2 aliphatic rings. The van der Waals surface area contributed by atoms with Gasteiger partial charge in [-0.25, -0.2) is 0 Å². The summed E-state index contributed by atoms with van der Waals surface area (Å²) in [6.45, 7) is 5.28. The van der Waals surface area contributed by atoms with Crippen molar-refractivity contribution in [3.63, 3.8) is 0 Å². The van der Waals surface area contributed by atoms with E-state index in [1.54, 1.807) is 6.07 Å².